The number of hydroxylamine groups is 1. The smallest absolute Gasteiger partial charge is 0.329 e. The minimum Gasteiger partial charge on any atom is -0.496 e. The van der Waals surface area contributed by atoms with Crippen molar-refractivity contribution in [3.05, 3.63) is 33.9 Å². The van der Waals surface area contributed by atoms with E-state index in [1.54, 1.807) is 23.7 Å². The first-order valence-electron chi connectivity index (χ1n) is 8.57. The number of hydrogen-bond donors (Lipinski definition) is 3. The molecule has 1 aliphatic rings. The lowest BCUT2D eigenvalue weighted by Gasteiger charge is -2.11. The molecule has 0 bridgehead atoms. The molecule has 1 aromatic rings. The summed E-state index contributed by atoms with van der Waals surface area (Å²) in [5, 5.41) is 11.0. The fourth-order valence-corrected chi connectivity index (χ4v) is 3.04. The Morgan fingerprint density at radius 2 is 2.04 bits per heavy atom. The van der Waals surface area contributed by atoms with Crippen LogP contribution in [0.5, 0.6) is 5.75 Å². The lowest BCUT2D eigenvalue weighted by molar-refractivity contribution is -0.129. The average molecular weight is 440 g/mol. The number of benzene rings is 1. The van der Waals surface area contributed by atoms with Crippen LogP contribution in [0, 0.1) is 0 Å². The van der Waals surface area contributed by atoms with Gasteiger partial charge in [-0.25, -0.2) is 10.3 Å². The largest absolute Gasteiger partial charge is 0.496 e. The Balaban J connectivity index is 1.90. The maximum atomic E-state index is 12.5. The monoisotopic (exact) mass is 439 g/mol. The average Bonchev–Trinajstić information content (AvgIpc) is 2.92. The molecule has 0 aromatic heterocycles. The number of rotatable bonds is 9. The second kappa shape index (κ2) is 10.1. The van der Waals surface area contributed by atoms with Gasteiger partial charge in [-0.15, -0.1) is 0 Å². The molecule has 4 amide bonds. The first-order chi connectivity index (χ1) is 13.0. The number of imide groups is 1. The molecule has 146 valence electrons. The van der Waals surface area contributed by atoms with Gasteiger partial charge in [-0.1, -0.05) is 34.8 Å². The molecule has 8 nitrogen and oxygen atoms in total. The molecular formula is C18H22BrN3O5. The number of ether oxygens (including phenoxy) is 1. The molecule has 0 saturated carbocycles. The molecule has 1 aliphatic heterocycles. The minimum absolute atomic E-state index is 0.209. The van der Waals surface area contributed by atoms with Crippen LogP contribution in [0.3, 0.4) is 0 Å². The molecule has 27 heavy (non-hydrogen) atoms. The Morgan fingerprint density at radius 3 is 2.74 bits per heavy atom. The van der Waals surface area contributed by atoms with Crippen LogP contribution in [-0.2, 0) is 9.59 Å². The van der Waals surface area contributed by atoms with Gasteiger partial charge in [0.1, 0.15) is 11.4 Å². The number of nitrogens with one attached hydrogen (secondary N) is 2. The SMILES string of the molecule is COc1cc(Br)ccc1C=C1NC(=O)N(CCCCCCC(=O)NO)C1=O. The summed E-state index contributed by atoms with van der Waals surface area (Å²) in [6.07, 6.45) is 4.68. The zero-order valence-corrected chi connectivity index (χ0v) is 16.5. The maximum Gasteiger partial charge on any atom is 0.329 e. The number of carbonyl (C=O) groups excluding carboxylic acids is 3. The highest BCUT2D eigenvalue weighted by atomic mass is 79.9. The molecule has 0 aliphatic carbocycles. The van der Waals surface area contributed by atoms with E-state index in [0.29, 0.717) is 30.7 Å². The van der Waals surface area contributed by atoms with Gasteiger partial charge in [0, 0.05) is 23.0 Å². The maximum absolute atomic E-state index is 12.5. The van der Waals surface area contributed by atoms with E-state index in [2.05, 4.69) is 21.2 Å². The van der Waals surface area contributed by atoms with Gasteiger partial charge in [-0.05, 0) is 31.1 Å². The molecule has 0 radical (unpaired) electrons. The topological polar surface area (TPSA) is 108 Å². The molecule has 0 spiro atoms. The van der Waals surface area contributed by atoms with Crippen LogP contribution in [0.1, 0.15) is 37.7 Å². The van der Waals surface area contributed by atoms with Crippen molar-refractivity contribution in [3.63, 3.8) is 0 Å². The summed E-state index contributed by atoms with van der Waals surface area (Å²) in [6.45, 7) is 0.311. The fraction of sp³-hybridized carbons (Fsp3) is 0.389. The van der Waals surface area contributed by atoms with Gasteiger partial charge in [0.2, 0.25) is 5.91 Å². The van der Waals surface area contributed by atoms with E-state index in [-0.39, 0.29) is 18.0 Å². The highest BCUT2D eigenvalue weighted by Gasteiger charge is 2.33. The van der Waals surface area contributed by atoms with Gasteiger partial charge in [0.15, 0.2) is 0 Å². The van der Waals surface area contributed by atoms with Gasteiger partial charge in [-0.3, -0.25) is 19.7 Å². The number of carbonyl (C=O) groups is 3. The Kier molecular flexibility index (Phi) is 7.81. The Labute approximate surface area is 165 Å². The molecule has 1 fully saturated rings. The summed E-state index contributed by atoms with van der Waals surface area (Å²) in [4.78, 5) is 36.6. The number of amides is 4. The van der Waals surface area contributed by atoms with Crippen molar-refractivity contribution in [1.29, 1.82) is 0 Å². The molecule has 1 heterocycles. The van der Waals surface area contributed by atoms with Gasteiger partial charge in [0.25, 0.3) is 5.91 Å². The van der Waals surface area contributed by atoms with Crippen LogP contribution in [0.4, 0.5) is 4.79 Å². The fourth-order valence-electron chi connectivity index (χ4n) is 2.70. The molecule has 3 N–H and O–H groups in total. The summed E-state index contributed by atoms with van der Waals surface area (Å²) in [6, 6.07) is 4.95. The van der Waals surface area contributed by atoms with Crippen LogP contribution < -0.4 is 15.5 Å². The van der Waals surface area contributed by atoms with Crippen LogP contribution in [0.25, 0.3) is 6.08 Å². The van der Waals surface area contributed by atoms with E-state index >= 15 is 0 Å². The first-order valence-corrected chi connectivity index (χ1v) is 9.36. The van der Waals surface area contributed by atoms with E-state index in [1.807, 2.05) is 6.07 Å². The van der Waals surface area contributed by atoms with Crippen molar-refractivity contribution in [2.45, 2.75) is 32.1 Å². The molecule has 0 atom stereocenters. The highest BCUT2D eigenvalue weighted by Crippen LogP contribution is 2.26. The number of halogens is 1. The van der Waals surface area contributed by atoms with E-state index < -0.39 is 11.9 Å². The molecule has 0 unspecified atom stereocenters. The summed E-state index contributed by atoms with van der Waals surface area (Å²) in [7, 11) is 1.54. The molecule has 9 heteroatoms. The third-order valence-corrected chi connectivity index (χ3v) is 4.61. The third-order valence-electron chi connectivity index (χ3n) is 4.12. The van der Waals surface area contributed by atoms with E-state index in [9.17, 15) is 14.4 Å². The van der Waals surface area contributed by atoms with Crippen molar-refractivity contribution in [2.24, 2.45) is 0 Å². The van der Waals surface area contributed by atoms with E-state index in [0.717, 1.165) is 17.3 Å². The summed E-state index contributed by atoms with van der Waals surface area (Å²) < 4.78 is 6.14. The zero-order valence-electron chi connectivity index (χ0n) is 15.0. The number of unbranched alkanes of at least 4 members (excludes halogenated alkanes) is 3. The van der Waals surface area contributed by atoms with Gasteiger partial charge >= 0.3 is 6.03 Å². The van der Waals surface area contributed by atoms with E-state index in [4.69, 9.17) is 9.94 Å². The van der Waals surface area contributed by atoms with E-state index in [1.165, 1.54) is 12.0 Å². The molecular weight excluding hydrogens is 418 g/mol. The van der Waals surface area contributed by atoms with Gasteiger partial charge < -0.3 is 10.1 Å². The Bertz CT molecular complexity index is 751. The second-order valence-corrected chi connectivity index (χ2v) is 6.95. The Hall–Kier alpha value is -2.39. The zero-order chi connectivity index (χ0) is 19.8. The normalized spacial score (nSPS) is 15.2. The quantitative estimate of drug-likeness (QED) is 0.180. The van der Waals surface area contributed by atoms with Crippen LogP contribution in [-0.4, -0.2) is 41.6 Å². The molecule has 1 saturated heterocycles. The summed E-state index contributed by atoms with van der Waals surface area (Å²) in [5.74, 6) is -0.198. The standard InChI is InChI=1S/C18H22BrN3O5/c1-27-15-11-13(19)8-7-12(15)10-14-17(24)22(18(25)20-14)9-5-3-2-4-6-16(23)21-26/h7-8,10-11,26H,2-6,9H2,1H3,(H,20,25)(H,21,23). The van der Waals surface area contributed by atoms with Crippen LogP contribution in [0.15, 0.2) is 28.4 Å². The lowest BCUT2D eigenvalue weighted by Crippen LogP contribution is -2.31. The lowest BCUT2D eigenvalue weighted by atomic mass is 10.1. The van der Waals surface area contributed by atoms with Crippen molar-refractivity contribution >= 4 is 39.9 Å². The molecule has 2 rings (SSSR count). The minimum atomic E-state index is -0.443. The third kappa shape index (κ3) is 5.80. The van der Waals surface area contributed by atoms with Crippen molar-refractivity contribution in [2.75, 3.05) is 13.7 Å². The number of hydrogen-bond acceptors (Lipinski definition) is 5. The number of methoxy groups -OCH3 is 1. The highest BCUT2D eigenvalue weighted by molar-refractivity contribution is 9.10. The van der Waals surface area contributed by atoms with Gasteiger partial charge in [0.05, 0.1) is 7.11 Å². The van der Waals surface area contributed by atoms with Gasteiger partial charge in [-0.2, -0.15) is 0 Å². The van der Waals surface area contributed by atoms with Crippen molar-refractivity contribution < 1.29 is 24.3 Å². The van der Waals surface area contributed by atoms with Crippen molar-refractivity contribution in [1.82, 2.24) is 15.7 Å². The van der Waals surface area contributed by atoms with Crippen LogP contribution >= 0.6 is 15.9 Å². The second-order valence-electron chi connectivity index (χ2n) is 6.03. The first kappa shape index (κ1) is 20.9. The molecule has 1 aromatic carbocycles. The summed E-state index contributed by atoms with van der Waals surface area (Å²) in [5.41, 5.74) is 2.48. The number of nitrogens with zero attached hydrogens (tertiary/aromatic N) is 1. The predicted molar refractivity (Wildman–Crippen MR) is 102 cm³/mol. The van der Waals surface area contributed by atoms with Crippen LogP contribution in [0.2, 0.25) is 0 Å². The van der Waals surface area contributed by atoms with Crippen molar-refractivity contribution in [3.8, 4) is 5.75 Å². The predicted octanol–water partition coefficient (Wildman–Crippen LogP) is 2.81. The Morgan fingerprint density at radius 1 is 1.30 bits per heavy atom. The summed E-state index contributed by atoms with van der Waals surface area (Å²) >= 11 is 3.36. The number of urea groups is 1.